The Morgan fingerprint density at radius 1 is 1.49 bits per heavy atom. The van der Waals surface area contributed by atoms with Crippen molar-refractivity contribution in [2.75, 3.05) is 24.3 Å². The Morgan fingerprint density at radius 2 is 2.29 bits per heavy atom. The fraction of sp³-hybridized carbons (Fsp3) is 0.353. The van der Waals surface area contributed by atoms with Crippen LogP contribution in [-0.2, 0) is 25.8 Å². The quantitative estimate of drug-likeness (QED) is 0.111. The molecule has 15 nitrogen and oxygen atoms in total. The molecule has 18 heteroatoms. The molecule has 0 radical (unpaired) electrons. The van der Waals surface area contributed by atoms with Crippen molar-refractivity contribution in [2.45, 2.75) is 23.1 Å². The van der Waals surface area contributed by atoms with Gasteiger partial charge in [0.25, 0.3) is 11.8 Å². The summed E-state index contributed by atoms with van der Waals surface area (Å²) in [4.78, 5) is 47.5. The predicted molar refractivity (Wildman–Crippen MR) is 125 cm³/mol. The number of carboxylic acid groups (broad SMARTS) is 1. The number of β-lactam (4-membered cyclic amide) rings is 1. The van der Waals surface area contributed by atoms with Crippen LogP contribution in [0.2, 0.25) is 0 Å². The number of hydrogen-bond acceptors (Lipinski definition) is 14. The van der Waals surface area contributed by atoms with Gasteiger partial charge in [-0.15, -0.1) is 23.3 Å². The fourth-order valence-electron chi connectivity index (χ4n) is 3.25. The number of aromatic nitrogens is 6. The van der Waals surface area contributed by atoms with Gasteiger partial charge in [-0.3, -0.25) is 14.5 Å². The first-order valence-electron chi connectivity index (χ1n) is 9.59. The van der Waals surface area contributed by atoms with Crippen LogP contribution in [0, 0.1) is 12.3 Å². The van der Waals surface area contributed by atoms with Crippen LogP contribution in [0.5, 0.6) is 0 Å². The highest BCUT2D eigenvalue weighted by Gasteiger charge is 2.54. The maximum atomic E-state index is 12.9. The van der Waals surface area contributed by atoms with E-state index < -0.39 is 29.2 Å². The molecule has 1 fully saturated rings. The average molecular weight is 537 g/mol. The Kier molecular flexibility index (Phi) is 7.18. The maximum Gasteiger partial charge on any atom is 0.352 e. The molecule has 0 bridgehead atoms. The zero-order chi connectivity index (χ0) is 25.1. The summed E-state index contributed by atoms with van der Waals surface area (Å²) < 4.78 is 5.34. The van der Waals surface area contributed by atoms with E-state index in [1.54, 1.807) is 0 Å². The van der Waals surface area contributed by atoms with Gasteiger partial charge in [0.1, 0.15) is 30.8 Å². The molecule has 1 unspecified atom stereocenters. The number of aliphatic carboxylic acids is 1. The van der Waals surface area contributed by atoms with Crippen molar-refractivity contribution in [2.24, 2.45) is 5.16 Å². The second-order valence-electron chi connectivity index (χ2n) is 6.81. The first kappa shape index (κ1) is 24.4. The first-order valence-corrected chi connectivity index (χ1v) is 12.4. The summed E-state index contributed by atoms with van der Waals surface area (Å²) >= 11 is 3.39. The monoisotopic (exact) mass is 536 g/mol. The minimum Gasteiger partial charge on any atom is -0.477 e. The van der Waals surface area contributed by atoms with E-state index in [2.05, 4.69) is 41.3 Å². The number of carboxylic acids is 1. The lowest BCUT2D eigenvalue weighted by Gasteiger charge is -2.49. The van der Waals surface area contributed by atoms with Gasteiger partial charge in [-0.2, -0.15) is 9.36 Å². The Balaban J connectivity index is 1.49. The molecule has 2 aromatic heterocycles. The second kappa shape index (κ2) is 10.3. The van der Waals surface area contributed by atoms with Crippen molar-refractivity contribution in [3.8, 4) is 12.3 Å². The van der Waals surface area contributed by atoms with Crippen LogP contribution < -0.4 is 11.1 Å². The van der Waals surface area contributed by atoms with Gasteiger partial charge in [0.2, 0.25) is 16.7 Å². The molecule has 2 aromatic rings. The van der Waals surface area contributed by atoms with Gasteiger partial charge < -0.3 is 21.0 Å². The third kappa shape index (κ3) is 4.78. The lowest BCUT2D eigenvalue weighted by atomic mass is 10.0. The molecule has 4 heterocycles. The van der Waals surface area contributed by atoms with E-state index in [0.29, 0.717) is 16.5 Å². The molecule has 0 aromatic carbocycles. The molecule has 0 spiro atoms. The van der Waals surface area contributed by atoms with Gasteiger partial charge in [0.05, 0.1) is 0 Å². The van der Waals surface area contributed by atoms with E-state index in [1.807, 2.05) is 0 Å². The van der Waals surface area contributed by atoms with Crippen LogP contribution in [0.25, 0.3) is 0 Å². The smallest absolute Gasteiger partial charge is 0.352 e. The summed E-state index contributed by atoms with van der Waals surface area (Å²) in [6.07, 6.45) is 5.30. The van der Waals surface area contributed by atoms with Gasteiger partial charge in [0, 0.05) is 23.0 Å². The number of carbonyl (C=O) groups excluding carboxylic acids is 2. The molecule has 4 rings (SSSR count). The van der Waals surface area contributed by atoms with Gasteiger partial charge in [-0.1, -0.05) is 22.8 Å². The van der Waals surface area contributed by atoms with Crippen molar-refractivity contribution in [1.82, 2.24) is 39.8 Å². The molecule has 4 N–H and O–H groups in total. The van der Waals surface area contributed by atoms with Crippen LogP contribution in [-0.4, -0.2) is 93.1 Å². The maximum absolute atomic E-state index is 12.9. The van der Waals surface area contributed by atoms with Crippen LogP contribution in [0.4, 0.5) is 5.13 Å². The Labute approximate surface area is 209 Å². The van der Waals surface area contributed by atoms with E-state index in [0.717, 1.165) is 16.4 Å². The molecular formula is C17H16N10O5S3. The number of fused-ring (bicyclic) bond motifs is 1. The number of thioether (sulfide) groups is 2. The van der Waals surface area contributed by atoms with Crippen LogP contribution in [0.15, 0.2) is 21.6 Å². The number of amides is 2. The molecule has 35 heavy (non-hydrogen) atoms. The molecule has 0 aliphatic carbocycles. The Hall–Kier alpha value is -3.69. The third-order valence-corrected chi connectivity index (χ3v) is 7.63. The normalized spacial score (nSPS) is 19.6. The highest BCUT2D eigenvalue weighted by molar-refractivity contribution is 8.01. The van der Waals surface area contributed by atoms with E-state index in [1.165, 1.54) is 35.3 Å². The van der Waals surface area contributed by atoms with Crippen molar-refractivity contribution >= 4 is 63.7 Å². The van der Waals surface area contributed by atoms with E-state index in [-0.39, 0.29) is 34.7 Å². The molecule has 0 saturated carbocycles. The van der Waals surface area contributed by atoms with Crippen molar-refractivity contribution < 1.29 is 24.3 Å². The van der Waals surface area contributed by atoms with Crippen molar-refractivity contribution in [3.63, 3.8) is 0 Å². The first-order chi connectivity index (χ1) is 16.8. The zero-order valence-corrected chi connectivity index (χ0v) is 20.3. The number of tetrazole rings is 1. The van der Waals surface area contributed by atoms with Crippen molar-refractivity contribution in [1.29, 1.82) is 0 Å². The van der Waals surface area contributed by atoms with Crippen molar-refractivity contribution in [3.05, 3.63) is 17.1 Å². The topological polar surface area (TPSA) is 204 Å². The van der Waals surface area contributed by atoms with Gasteiger partial charge in [-0.25, -0.2) is 9.48 Å². The van der Waals surface area contributed by atoms with E-state index in [4.69, 9.17) is 17.0 Å². The molecular weight excluding hydrogens is 520 g/mol. The third-order valence-electron chi connectivity index (χ3n) is 4.70. The summed E-state index contributed by atoms with van der Waals surface area (Å²) in [5.41, 5.74) is 5.69. The minimum absolute atomic E-state index is 0.0515. The number of hydrogen-bond donors (Lipinski definition) is 3. The fourth-order valence-corrected chi connectivity index (χ4v) is 6.04. The second-order valence-corrected chi connectivity index (χ2v) is 9.64. The largest absolute Gasteiger partial charge is 0.477 e. The SMILES string of the molecule is C#CCn1nnnc1SCC1=C(C(=O)O)N2C(=O)C(NC(=O)C(=NOC)c3nsc(N)n3)[C@H]2SC1. The lowest BCUT2D eigenvalue weighted by Crippen LogP contribution is -2.71. The van der Waals surface area contributed by atoms with Gasteiger partial charge >= 0.3 is 5.97 Å². The number of nitrogen functional groups attached to an aromatic ring is 1. The summed E-state index contributed by atoms with van der Waals surface area (Å²) in [5.74, 6) is 0.339. The van der Waals surface area contributed by atoms with Crippen LogP contribution in [0.1, 0.15) is 5.82 Å². The summed E-state index contributed by atoms with van der Waals surface area (Å²) in [6, 6.07) is -0.975. The zero-order valence-electron chi connectivity index (χ0n) is 17.8. The standard InChI is InChI=1S/C17H16N10O5S3/c1-3-4-26-17(21-24-25-26)34-6-7-5-33-14-9(13(29)27(14)10(7)15(30)31)19-12(28)8(22-32-2)11-20-16(18)35-23-11/h1,9,14H,4-6H2,2H3,(H,19,28)(H,30,31)(H2,18,20,23)/t9?,14-/m1/s1. The highest BCUT2D eigenvalue weighted by Crippen LogP contribution is 2.41. The highest BCUT2D eigenvalue weighted by atomic mass is 32.2. The number of nitrogens with zero attached hydrogens (tertiary/aromatic N) is 8. The number of nitrogens with one attached hydrogen (secondary N) is 1. The number of rotatable bonds is 9. The number of terminal acetylenes is 1. The number of nitrogens with two attached hydrogens (primary N) is 1. The van der Waals surface area contributed by atoms with Gasteiger partial charge in [0.15, 0.2) is 5.13 Å². The molecule has 1 saturated heterocycles. The number of oxime groups is 1. The Bertz CT molecular complexity index is 1280. The molecule has 2 aliphatic heterocycles. The van der Waals surface area contributed by atoms with E-state index in [9.17, 15) is 19.5 Å². The van der Waals surface area contributed by atoms with Crippen LogP contribution in [0.3, 0.4) is 0 Å². The lowest BCUT2D eigenvalue weighted by molar-refractivity contribution is -0.150. The average Bonchev–Trinajstić information content (AvgIpc) is 3.47. The molecule has 182 valence electrons. The number of anilines is 1. The summed E-state index contributed by atoms with van der Waals surface area (Å²) in [5, 5.41) is 27.2. The van der Waals surface area contributed by atoms with Crippen LogP contribution >= 0.6 is 35.1 Å². The van der Waals surface area contributed by atoms with Gasteiger partial charge in [-0.05, 0) is 16.0 Å². The number of carbonyl (C=O) groups is 3. The summed E-state index contributed by atoms with van der Waals surface area (Å²) in [7, 11) is 1.24. The summed E-state index contributed by atoms with van der Waals surface area (Å²) in [6.45, 7) is 0.167. The molecule has 2 amide bonds. The van der Waals surface area contributed by atoms with E-state index >= 15 is 0 Å². The minimum atomic E-state index is -1.25. The molecule has 2 aliphatic rings. The predicted octanol–water partition coefficient (Wildman–Crippen LogP) is -1.38. The molecule has 2 atom stereocenters. The Morgan fingerprint density at radius 3 is 2.94 bits per heavy atom.